The van der Waals surface area contributed by atoms with Crippen LogP contribution in [0.1, 0.15) is 54.0 Å². The third-order valence-corrected chi connectivity index (χ3v) is 33.9. The minimum atomic E-state index is -3.86. The van der Waals surface area contributed by atoms with Gasteiger partial charge in [-0.05, 0) is 0 Å². The Morgan fingerprint density at radius 3 is 2.68 bits per heavy atom. The molecule has 2 aromatic carbocycles. The molecule has 0 bridgehead atoms. The molecular formula is C35H45I6N5O4-4. The fourth-order valence-electron chi connectivity index (χ4n) is 7.61. The van der Waals surface area contributed by atoms with Crippen molar-refractivity contribution in [2.75, 3.05) is 32.0 Å². The number of carbonyl (C=O) groups excluding carboxylic acids is 1. The van der Waals surface area contributed by atoms with E-state index >= 15 is 0 Å². The number of fused-ring (bicyclic) bond motifs is 4. The molecule has 6 rings (SSSR count). The van der Waals surface area contributed by atoms with Gasteiger partial charge in [-0.15, -0.1) is 0 Å². The molecule has 1 aromatic heterocycles. The fraction of sp³-hybridized carbons (Fsp3) is 0.543. The molecule has 0 spiro atoms. The van der Waals surface area contributed by atoms with Gasteiger partial charge in [-0.25, -0.2) is 0 Å². The van der Waals surface area contributed by atoms with Crippen molar-refractivity contribution in [1.82, 2.24) is 18.7 Å². The van der Waals surface area contributed by atoms with Crippen molar-refractivity contribution in [3.05, 3.63) is 68.9 Å². The van der Waals surface area contributed by atoms with E-state index in [9.17, 15) is 13.5 Å². The van der Waals surface area contributed by atoms with Gasteiger partial charge in [-0.1, -0.05) is 0 Å². The van der Waals surface area contributed by atoms with Gasteiger partial charge in [0.15, 0.2) is 0 Å². The van der Waals surface area contributed by atoms with E-state index in [0.717, 1.165) is 52.0 Å². The number of carbonyl (C=O) groups is 1. The van der Waals surface area contributed by atoms with Crippen LogP contribution in [0.4, 0.5) is 0 Å². The third kappa shape index (κ3) is 7.57. The molecule has 3 aromatic rings. The zero-order chi connectivity index (χ0) is 35.7. The number of nitrogens with zero attached hydrogens (tertiary/aromatic N) is 2. The Labute approximate surface area is 359 Å². The zero-order valence-corrected chi connectivity index (χ0v) is 41.4. The summed E-state index contributed by atoms with van der Waals surface area (Å²) in [6.07, 6.45) is 5.50. The molecule has 8 atom stereocenters. The zero-order valence-electron chi connectivity index (χ0n) is 28.5. The summed E-state index contributed by atoms with van der Waals surface area (Å²) in [5.41, 5.74) is 4.32. The van der Waals surface area contributed by atoms with Crippen LogP contribution < -0.4 is 91.6 Å². The Kier molecular flexibility index (Phi) is 14.1. The van der Waals surface area contributed by atoms with E-state index in [-0.39, 0.29) is 70.6 Å². The van der Waals surface area contributed by atoms with Gasteiger partial charge in [-0.3, -0.25) is 0 Å². The number of aromatic nitrogens is 1. The monoisotopic (exact) mass is 1360 g/mol. The number of para-hydroxylation sites is 1. The molecule has 4 heterocycles. The number of hydrogen-bond acceptors (Lipinski definition) is 8. The quantitative estimate of drug-likeness (QED) is 0.0418. The molecule has 3 aliphatic heterocycles. The molecule has 4 N–H and O–H groups in total. The number of methoxy groups -OCH3 is 1. The van der Waals surface area contributed by atoms with E-state index in [4.69, 9.17) is 9.47 Å². The second-order valence-electron chi connectivity index (χ2n) is 12.8. The van der Waals surface area contributed by atoms with Crippen LogP contribution in [0.25, 0.3) is 10.9 Å². The van der Waals surface area contributed by atoms with Gasteiger partial charge in [0.1, 0.15) is 0 Å². The Hall–Kier alpha value is 0.960. The van der Waals surface area contributed by atoms with Crippen LogP contribution in [0.15, 0.2) is 48.5 Å². The predicted molar refractivity (Wildman–Crippen MR) is 197 cm³/mol. The minimum absolute atomic E-state index is 0.0572. The van der Waals surface area contributed by atoms with Crippen molar-refractivity contribution in [3.63, 3.8) is 0 Å². The Morgan fingerprint density at radius 2 is 2.00 bits per heavy atom. The van der Waals surface area contributed by atoms with Gasteiger partial charge in [0, 0.05) is 0 Å². The molecule has 15 heteroatoms. The Bertz CT molecular complexity index is 1710. The van der Waals surface area contributed by atoms with Crippen LogP contribution in [0.5, 0.6) is 0 Å². The number of alkyl halides is 9. The number of nitriles is 1. The first kappa shape index (κ1) is 40.6. The summed E-state index contributed by atoms with van der Waals surface area (Å²) in [5.74, 6) is -1.06. The van der Waals surface area contributed by atoms with Crippen molar-refractivity contribution in [3.8, 4) is 6.19 Å². The van der Waals surface area contributed by atoms with Gasteiger partial charge in [0.25, 0.3) is 0 Å². The number of rotatable bonds is 9. The summed E-state index contributed by atoms with van der Waals surface area (Å²) in [6, 6.07) is 16.8. The number of H-pyrrole nitrogens is 1. The van der Waals surface area contributed by atoms with Crippen molar-refractivity contribution in [2.45, 2.75) is 64.8 Å². The topological polar surface area (TPSA) is 123 Å². The van der Waals surface area contributed by atoms with Crippen molar-refractivity contribution >= 4 is 62.1 Å². The van der Waals surface area contributed by atoms with Crippen LogP contribution in [0, 0.1) is 20.9 Å². The SMILES string of the molecule is CCC[C@@]1(C(=O)OC)[C@H]2[I-][C@@H](OC3(c4ccccc4I)NC[I-]N3)c3[nH]c4ccccc4c3C[C@@H](I)N(C#N)C[C@@H]2C[C@@H](C[I-]CC)[I-]1(C)O. The maximum atomic E-state index is 14.6. The maximum absolute atomic E-state index is 14.6. The van der Waals surface area contributed by atoms with Crippen LogP contribution in [0.2, 0.25) is 0 Å². The molecule has 0 radical (unpaired) electrons. The van der Waals surface area contributed by atoms with Crippen molar-refractivity contribution in [1.29, 1.82) is 5.26 Å². The van der Waals surface area contributed by atoms with Crippen LogP contribution >= 0.6 is 45.2 Å². The second kappa shape index (κ2) is 17.4. The average molecular weight is 1360 g/mol. The Balaban J connectivity index is 1.60. The van der Waals surface area contributed by atoms with Crippen LogP contribution in [-0.2, 0) is 26.5 Å². The van der Waals surface area contributed by atoms with E-state index in [2.05, 4.69) is 133 Å². The van der Waals surface area contributed by atoms with Crippen LogP contribution in [0.3, 0.4) is 0 Å². The molecule has 3 aliphatic rings. The van der Waals surface area contributed by atoms with E-state index in [1.54, 1.807) is 0 Å². The molecule has 280 valence electrons. The summed E-state index contributed by atoms with van der Waals surface area (Å²) in [4.78, 5) is 22.5. The van der Waals surface area contributed by atoms with Crippen LogP contribution in [-0.4, -0.2) is 66.6 Å². The number of halogens is 6. The fourth-order valence-corrected chi connectivity index (χ4v) is 35.6. The van der Waals surface area contributed by atoms with Gasteiger partial charge >= 0.3 is 364 Å². The normalized spacial score (nSPS) is 34.7. The average Bonchev–Trinajstić information content (AvgIpc) is 3.73. The molecule has 9 nitrogen and oxygen atoms in total. The summed E-state index contributed by atoms with van der Waals surface area (Å²) < 4.78 is 33.1. The molecule has 50 heavy (non-hydrogen) atoms. The predicted octanol–water partition coefficient (Wildman–Crippen LogP) is -6.78. The molecule has 0 aliphatic carbocycles. The number of esters is 1. The van der Waals surface area contributed by atoms with E-state index in [1.807, 2.05) is 4.90 Å². The summed E-state index contributed by atoms with van der Waals surface area (Å²) >= 11 is -0.463. The summed E-state index contributed by atoms with van der Waals surface area (Å²) in [7, 11) is 1.50. The van der Waals surface area contributed by atoms with Gasteiger partial charge < -0.3 is 0 Å². The second-order valence-corrected chi connectivity index (χ2v) is 32.8. The Morgan fingerprint density at radius 1 is 1.24 bits per heavy atom. The number of nitrogens with one attached hydrogen (secondary N) is 3. The van der Waals surface area contributed by atoms with Gasteiger partial charge in [0.05, 0.1) is 0 Å². The molecular weight excluding hydrogens is 1320 g/mol. The summed E-state index contributed by atoms with van der Waals surface area (Å²) in [5, 5.41) is 15.6. The van der Waals surface area contributed by atoms with E-state index < -0.39 is 49.3 Å². The number of ether oxygens (including phenoxy) is 2. The molecule has 0 amide bonds. The molecule has 0 saturated carbocycles. The van der Waals surface area contributed by atoms with Gasteiger partial charge in [-0.2, -0.15) is 0 Å². The first-order valence-electron chi connectivity index (χ1n) is 16.6. The van der Waals surface area contributed by atoms with Gasteiger partial charge in [0.2, 0.25) is 0 Å². The third-order valence-electron chi connectivity index (χ3n) is 10.0. The number of benzene rings is 2. The molecule has 2 unspecified atom stereocenters. The summed E-state index contributed by atoms with van der Waals surface area (Å²) in [6.45, 7) is 4.94. The van der Waals surface area contributed by atoms with Crippen molar-refractivity contribution < 1.29 is 100 Å². The van der Waals surface area contributed by atoms with Crippen molar-refractivity contribution in [2.24, 2.45) is 5.92 Å². The molecule has 2 saturated heterocycles. The first-order valence-corrected chi connectivity index (χ1v) is 32.6. The number of aromatic amines is 1. The molecule has 2 fully saturated rings. The standard InChI is InChI=1S/C35H45I6N5O4/c1-5-15-34(33(47)49-4)31-22(16-23(18-38-6-2)41(34,3)48)19-46(21-42)29(37)17-25-24-11-7-10-14-28(24)44-30(25)32(40-31)50-35(43-20-39-45-35)26-12-8-9-13-27(26)36/h7-14,22-23,29,31-32,43-45,48H,5-6,15-20H2,1-4H3/q-4/t22-,23-,29-,31-,32-,34-,35?/m0/s1. The number of hydrogen-bond donors (Lipinski definition) is 4. The van der Waals surface area contributed by atoms with E-state index in [0.29, 0.717) is 19.4 Å². The first-order chi connectivity index (χ1) is 24.1. The van der Waals surface area contributed by atoms with E-state index in [1.165, 1.54) is 12.7 Å².